The summed E-state index contributed by atoms with van der Waals surface area (Å²) in [5.74, 6) is -1.89. The number of rotatable bonds is 16. The van der Waals surface area contributed by atoms with Crippen LogP contribution in [0.4, 0.5) is 16.2 Å². The molecule has 76 heavy (non-hydrogen) atoms. The van der Waals surface area contributed by atoms with E-state index in [1.165, 1.54) is 14.7 Å². The predicted octanol–water partition coefficient (Wildman–Crippen LogP) is 10.5. The third-order valence-corrected chi connectivity index (χ3v) is 14.1. The van der Waals surface area contributed by atoms with Crippen molar-refractivity contribution in [2.24, 2.45) is 0 Å². The Morgan fingerprint density at radius 1 is 0.632 bits per heavy atom. The molecule has 0 bridgehead atoms. The molecular weight excluding hydrogens is 957 g/mol. The van der Waals surface area contributed by atoms with Crippen LogP contribution in [0.3, 0.4) is 0 Å². The molecule has 2 aromatic carbocycles. The van der Waals surface area contributed by atoms with Gasteiger partial charge in [-0.1, -0.05) is 77.6 Å². The van der Waals surface area contributed by atoms with Gasteiger partial charge in [-0.3, -0.25) is 48.6 Å². The monoisotopic (exact) mass is 1040 g/mol. The number of anilines is 2. The minimum atomic E-state index is -1.14. The largest absolute Gasteiger partial charge is 0.444 e. The van der Waals surface area contributed by atoms with Gasteiger partial charge in [-0.05, 0) is 159 Å². The van der Waals surface area contributed by atoms with Crippen LogP contribution in [0.2, 0.25) is 0 Å². The Balaban J connectivity index is 1.31. The summed E-state index contributed by atoms with van der Waals surface area (Å²) in [5, 5.41) is 6.41. The van der Waals surface area contributed by atoms with E-state index in [2.05, 4.69) is 61.8 Å². The molecule has 2 N–H and O–H groups in total. The standard InChI is InChI=1S/C61H82N8O7/c1-40(2)53(72)66-36-18-22-47(66)54(73)69(45-28-24-43(25-29-45)57(3,4)5)50(42-21-17-35-63-39-42)52(71)65-61(14,15)33-32-60(12,13)44-26-30-46(31-27-44)68(49(41-20-16-34-62-38-41)51(70)64-58(6,7)8)55(74)48-23-19-37-67(48)56(75)76-59(9,10)11/h16-17,20-21,24-31,34-35,38-39,47-50H,1,18-19,22-23,32-33,36-37H2,2-15H3,(H,64,70)(H,65,71)/t47-,48-,49?,50?/m0/s1. The van der Waals surface area contributed by atoms with Crippen molar-refractivity contribution in [3.63, 3.8) is 0 Å². The van der Waals surface area contributed by atoms with Crippen LogP contribution in [0.5, 0.6) is 0 Å². The molecule has 6 rings (SSSR count). The number of amides is 6. The van der Waals surface area contributed by atoms with Gasteiger partial charge in [0.25, 0.3) is 11.8 Å². The average Bonchev–Trinajstić information content (AvgIpc) is 4.05. The van der Waals surface area contributed by atoms with Gasteiger partial charge in [0.15, 0.2) is 0 Å². The van der Waals surface area contributed by atoms with E-state index in [0.717, 1.165) is 11.1 Å². The summed E-state index contributed by atoms with van der Waals surface area (Å²) >= 11 is 0. The highest BCUT2D eigenvalue weighted by atomic mass is 16.6. The Labute approximate surface area is 451 Å². The number of pyridine rings is 2. The van der Waals surface area contributed by atoms with Gasteiger partial charge in [-0.2, -0.15) is 0 Å². The number of carbonyl (C=O) groups is 6. The second-order valence-electron chi connectivity index (χ2n) is 24.9. The van der Waals surface area contributed by atoms with Crippen LogP contribution in [-0.4, -0.2) is 97.2 Å². The van der Waals surface area contributed by atoms with E-state index in [1.807, 2.05) is 83.1 Å². The molecule has 2 aliphatic rings. The zero-order valence-corrected chi connectivity index (χ0v) is 47.5. The van der Waals surface area contributed by atoms with E-state index in [4.69, 9.17) is 4.74 Å². The number of hydrogen-bond donors (Lipinski definition) is 2. The zero-order valence-electron chi connectivity index (χ0n) is 47.5. The molecule has 0 aliphatic carbocycles. The Hall–Kier alpha value is -6.90. The van der Waals surface area contributed by atoms with Crippen molar-refractivity contribution in [1.29, 1.82) is 0 Å². The van der Waals surface area contributed by atoms with Crippen LogP contribution < -0.4 is 20.4 Å². The summed E-state index contributed by atoms with van der Waals surface area (Å²) in [4.78, 5) is 102. The lowest BCUT2D eigenvalue weighted by atomic mass is 9.77. The molecule has 4 atom stereocenters. The van der Waals surface area contributed by atoms with E-state index in [0.29, 0.717) is 79.7 Å². The lowest BCUT2D eigenvalue weighted by Crippen LogP contribution is -2.54. The van der Waals surface area contributed by atoms with Crippen LogP contribution in [0, 0.1) is 0 Å². The van der Waals surface area contributed by atoms with Crippen molar-refractivity contribution in [1.82, 2.24) is 30.4 Å². The molecule has 6 amide bonds. The van der Waals surface area contributed by atoms with Crippen molar-refractivity contribution in [3.8, 4) is 0 Å². The van der Waals surface area contributed by atoms with Crippen LogP contribution in [-0.2, 0) is 39.5 Å². The summed E-state index contributed by atoms with van der Waals surface area (Å²) in [6, 6.07) is 18.4. The number of nitrogens with zero attached hydrogens (tertiary/aromatic N) is 6. The van der Waals surface area contributed by atoms with Gasteiger partial charge in [-0.15, -0.1) is 0 Å². The second kappa shape index (κ2) is 23.1. The van der Waals surface area contributed by atoms with Crippen LogP contribution in [0.1, 0.15) is 170 Å². The maximum Gasteiger partial charge on any atom is 0.410 e. The van der Waals surface area contributed by atoms with Gasteiger partial charge in [-0.25, -0.2) is 4.79 Å². The van der Waals surface area contributed by atoms with Gasteiger partial charge < -0.3 is 20.3 Å². The van der Waals surface area contributed by atoms with E-state index < -0.39 is 70.1 Å². The van der Waals surface area contributed by atoms with Crippen molar-refractivity contribution in [3.05, 3.63) is 132 Å². The fourth-order valence-corrected chi connectivity index (χ4v) is 9.98. The molecule has 15 nitrogen and oxygen atoms in total. The first-order valence-corrected chi connectivity index (χ1v) is 26.7. The number of nitrogens with one attached hydrogen (secondary N) is 2. The third kappa shape index (κ3) is 14.3. The molecule has 2 aromatic heterocycles. The van der Waals surface area contributed by atoms with Crippen molar-refractivity contribution >= 4 is 47.0 Å². The lowest BCUT2D eigenvalue weighted by molar-refractivity contribution is -0.135. The van der Waals surface area contributed by atoms with Crippen molar-refractivity contribution in [2.75, 3.05) is 22.9 Å². The number of ether oxygens (including phenoxy) is 1. The Kier molecular flexibility index (Phi) is 17.8. The van der Waals surface area contributed by atoms with Gasteiger partial charge >= 0.3 is 6.09 Å². The fourth-order valence-electron chi connectivity index (χ4n) is 9.98. The minimum Gasteiger partial charge on any atom is -0.444 e. The molecule has 4 aromatic rings. The summed E-state index contributed by atoms with van der Waals surface area (Å²) in [7, 11) is 0. The minimum absolute atomic E-state index is 0.168. The molecule has 2 saturated heterocycles. The summed E-state index contributed by atoms with van der Waals surface area (Å²) in [6.45, 7) is 31.8. The predicted molar refractivity (Wildman–Crippen MR) is 298 cm³/mol. The Morgan fingerprint density at radius 3 is 1.50 bits per heavy atom. The van der Waals surface area contributed by atoms with Gasteiger partial charge in [0.2, 0.25) is 17.7 Å². The highest BCUT2D eigenvalue weighted by Gasteiger charge is 2.45. The number of benzene rings is 2. The molecule has 408 valence electrons. The molecule has 2 unspecified atom stereocenters. The summed E-state index contributed by atoms with van der Waals surface area (Å²) in [6.07, 6.45) is 9.02. The van der Waals surface area contributed by atoms with Gasteiger partial charge in [0, 0.05) is 77.0 Å². The maximum atomic E-state index is 15.2. The number of likely N-dealkylation sites (tertiary alicyclic amines) is 2. The summed E-state index contributed by atoms with van der Waals surface area (Å²) < 4.78 is 5.76. The molecule has 4 heterocycles. The molecular formula is C61H82N8O7. The molecule has 2 fully saturated rings. The van der Waals surface area contributed by atoms with E-state index in [9.17, 15) is 14.4 Å². The van der Waals surface area contributed by atoms with E-state index >= 15 is 14.4 Å². The Bertz CT molecular complexity index is 2720. The highest BCUT2D eigenvalue weighted by molar-refractivity contribution is 6.07. The Morgan fingerprint density at radius 2 is 1.08 bits per heavy atom. The molecule has 0 spiro atoms. The first-order valence-electron chi connectivity index (χ1n) is 26.7. The zero-order chi connectivity index (χ0) is 56.1. The van der Waals surface area contributed by atoms with Crippen molar-refractivity contribution < 1.29 is 33.5 Å². The highest BCUT2D eigenvalue weighted by Crippen LogP contribution is 2.38. The second-order valence-corrected chi connectivity index (χ2v) is 24.9. The van der Waals surface area contributed by atoms with Crippen LogP contribution in [0.25, 0.3) is 0 Å². The van der Waals surface area contributed by atoms with Crippen LogP contribution >= 0.6 is 0 Å². The summed E-state index contributed by atoms with van der Waals surface area (Å²) in [5.41, 5.74) is 1.49. The number of carbonyl (C=O) groups excluding carboxylic acids is 6. The molecule has 0 saturated carbocycles. The topological polar surface area (TPSA) is 174 Å². The first-order chi connectivity index (χ1) is 35.4. The molecule has 2 aliphatic heterocycles. The first kappa shape index (κ1) is 58.4. The van der Waals surface area contributed by atoms with E-state index in [-0.39, 0.29) is 17.2 Å². The maximum absolute atomic E-state index is 15.2. The average molecular weight is 1040 g/mol. The van der Waals surface area contributed by atoms with Gasteiger partial charge in [0.1, 0.15) is 29.8 Å². The van der Waals surface area contributed by atoms with Crippen molar-refractivity contribution in [2.45, 2.75) is 187 Å². The smallest absolute Gasteiger partial charge is 0.410 e. The quantitative estimate of drug-likeness (QED) is 0.104. The fraction of sp³-hybridized carbons (Fsp3) is 0.508. The van der Waals surface area contributed by atoms with Crippen LogP contribution in [0.15, 0.2) is 110 Å². The number of hydrogen-bond acceptors (Lipinski definition) is 9. The molecule has 0 radical (unpaired) electrons. The molecule has 15 heteroatoms. The number of aromatic nitrogens is 2. The van der Waals surface area contributed by atoms with Gasteiger partial charge in [0.05, 0.1) is 0 Å². The van der Waals surface area contributed by atoms with E-state index in [1.54, 1.807) is 81.6 Å². The SMILES string of the molecule is C=C(C)C(=O)N1CCC[C@H]1C(=O)N(c1ccc(C(C)(C)C)cc1)C(C(=O)NC(C)(C)CCC(C)(C)c1ccc(N(C(=O)[C@@H]2CCCN2C(=O)OC(C)(C)C)C(C(=O)NC(C)(C)C)c2cccnc2)cc1)c1cccnc1. The third-order valence-electron chi connectivity index (χ3n) is 14.1. The normalized spacial score (nSPS) is 17.1. The lowest BCUT2D eigenvalue weighted by Gasteiger charge is -2.38.